The third-order valence-electron chi connectivity index (χ3n) is 3.05. The smallest absolute Gasteiger partial charge is 0.245 e. The van der Waals surface area contributed by atoms with Gasteiger partial charge >= 0.3 is 0 Å². The maximum absolute atomic E-state index is 5.63. The van der Waals surface area contributed by atoms with Crippen molar-refractivity contribution in [2.75, 3.05) is 12.3 Å². The van der Waals surface area contributed by atoms with E-state index in [4.69, 9.17) is 10.5 Å². The van der Waals surface area contributed by atoms with Crippen molar-refractivity contribution in [2.45, 2.75) is 41.0 Å². The van der Waals surface area contributed by atoms with Crippen molar-refractivity contribution < 1.29 is 4.74 Å². The molecule has 1 aromatic heterocycles. The van der Waals surface area contributed by atoms with Crippen LogP contribution < -0.4 is 10.5 Å². The number of nitrogen functional groups attached to an aromatic ring is 1. The average Bonchev–Trinajstić information content (AvgIpc) is 2.32. The normalized spacial score (nSPS) is 13.2. The molecule has 0 saturated heterocycles. The molecule has 1 aromatic rings. The van der Waals surface area contributed by atoms with Gasteiger partial charge in [0.2, 0.25) is 11.8 Å². The van der Waals surface area contributed by atoms with Crippen LogP contribution in [-0.2, 0) is 0 Å². The van der Waals surface area contributed by atoms with E-state index >= 15 is 0 Å². The third kappa shape index (κ3) is 4.19. The first-order valence-electron chi connectivity index (χ1n) is 6.80. The number of aryl methyl sites for hydroxylation is 1. The molecule has 1 unspecified atom stereocenters. The maximum Gasteiger partial charge on any atom is 0.245 e. The Kier molecular flexibility index (Phi) is 5.73. The van der Waals surface area contributed by atoms with Crippen LogP contribution in [0.2, 0.25) is 0 Å². The lowest BCUT2D eigenvalue weighted by molar-refractivity contribution is 0.328. The van der Waals surface area contributed by atoms with Crippen molar-refractivity contribution in [2.24, 2.45) is 16.8 Å². The second kappa shape index (κ2) is 7.07. The lowest BCUT2D eigenvalue weighted by atomic mass is 9.95. The molecule has 19 heavy (non-hydrogen) atoms. The van der Waals surface area contributed by atoms with Gasteiger partial charge in [0.15, 0.2) is 0 Å². The van der Waals surface area contributed by atoms with Crippen LogP contribution in [0.25, 0.3) is 0 Å². The fraction of sp³-hybridized carbons (Fsp3) is 0.643. The number of aliphatic imine (C=N–C) groups is 1. The summed E-state index contributed by atoms with van der Waals surface area (Å²) in [7, 11) is 0. The number of ether oxygens (including phenoxy) is 1. The highest BCUT2D eigenvalue weighted by molar-refractivity contribution is 5.69. The molecule has 1 heterocycles. The van der Waals surface area contributed by atoms with E-state index in [0.717, 1.165) is 12.1 Å². The van der Waals surface area contributed by atoms with Crippen LogP contribution in [0.5, 0.6) is 5.88 Å². The van der Waals surface area contributed by atoms with E-state index in [1.54, 1.807) is 0 Å². The van der Waals surface area contributed by atoms with Crippen LogP contribution in [-0.4, -0.2) is 22.8 Å². The Hall–Kier alpha value is -1.65. The molecule has 2 N–H and O–H groups in total. The summed E-state index contributed by atoms with van der Waals surface area (Å²) in [6.45, 7) is 10.8. The quantitative estimate of drug-likeness (QED) is 0.801. The first-order chi connectivity index (χ1) is 8.99. The molecule has 0 fully saturated rings. The molecule has 0 spiro atoms. The van der Waals surface area contributed by atoms with Gasteiger partial charge in [-0.25, -0.2) is 4.98 Å². The second-order valence-corrected chi connectivity index (χ2v) is 4.85. The minimum absolute atomic E-state index is 0.218. The second-order valence-electron chi connectivity index (χ2n) is 4.85. The van der Waals surface area contributed by atoms with E-state index in [1.807, 2.05) is 20.1 Å². The predicted octanol–water partition coefficient (Wildman–Crippen LogP) is 3.15. The Labute approximate surface area is 115 Å². The largest absolute Gasteiger partial charge is 0.476 e. The zero-order valence-electron chi connectivity index (χ0n) is 12.5. The van der Waals surface area contributed by atoms with E-state index in [2.05, 4.69) is 35.7 Å². The lowest BCUT2D eigenvalue weighted by Crippen LogP contribution is -2.09. The molecule has 0 aliphatic rings. The third-order valence-corrected chi connectivity index (χ3v) is 3.05. The van der Waals surface area contributed by atoms with Crippen LogP contribution in [0.4, 0.5) is 11.6 Å². The number of hydrogen-bond acceptors (Lipinski definition) is 5. The van der Waals surface area contributed by atoms with Gasteiger partial charge in [-0.1, -0.05) is 20.8 Å². The zero-order valence-corrected chi connectivity index (χ0v) is 12.5. The Morgan fingerprint density at radius 1 is 1.32 bits per heavy atom. The number of nitrogens with two attached hydrogens (primary N) is 1. The van der Waals surface area contributed by atoms with Gasteiger partial charge < -0.3 is 10.5 Å². The number of nitrogens with zero attached hydrogens (tertiary/aromatic N) is 3. The lowest BCUT2D eigenvalue weighted by Gasteiger charge is -2.14. The molecule has 0 saturated carbocycles. The summed E-state index contributed by atoms with van der Waals surface area (Å²) < 4.78 is 5.48. The van der Waals surface area contributed by atoms with Crippen molar-refractivity contribution in [1.82, 2.24) is 9.97 Å². The Bertz CT molecular complexity index is 443. The molecular formula is C14H24N4O. The average molecular weight is 264 g/mol. The standard InChI is InChI=1S/C14H24N4O/c1-6-11(9(3)4)8-16-12-10(5)17-14(15)18-13(12)19-7-2/h8-9,11H,6-7H2,1-5H3,(H2,15,17,18)/b16-8-. The molecule has 1 atom stereocenters. The summed E-state index contributed by atoms with van der Waals surface area (Å²) in [6, 6.07) is 0. The van der Waals surface area contributed by atoms with Crippen LogP contribution in [0.3, 0.4) is 0 Å². The zero-order chi connectivity index (χ0) is 14.4. The maximum atomic E-state index is 5.63. The van der Waals surface area contributed by atoms with Crippen molar-refractivity contribution in [3.05, 3.63) is 5.69 Å². The van der Waals surface area contributed by atoms with E-state index in [0.29, 0.717) is 30.0 Å². The highest BCUT2D eigenvalue weighted by Crippen LogP contribution is 2.29. The van der Waals surface area contributed by atoms with E-state index < -0.39 is 0 Å². The van der Waals surface area contributed by atoms with Crippen LogP contribution in [0, 0.1) is 18.8 Å². The summed E-state index contributed by atoms with van der Waals surface area (Å²) in [5, 5.41) is 0. The summed E-state index contributed by atoms with van der Waals surface area (Å²) in [4.78, 5) is 12.8. The fourth-order valence-electron chi connectivity index (χ4n) is 1.87. The molecule has 0 amide bonds. The molecule has 1 rings (SSSR count). The van der Waals surface area contributed by atoms with Gasteiger partial charge in [-0.05, 0) is 32.1 Å². The number of aromatic nitrogens is 2. The van der Waals surface area contributed by atoms with E-state index in [9.17, 15) is 0 Å². The number of anilines is 1. The number of hydrogen-bond donors (Lipinski definition) is 1. The molecule has 5 heteroatoms. The summed E-state index contributed by atoms with van der Waals surface area (Å²) >= 11 is 0. The van der Waals surface area contributed by atoms with Gasteiger partial charge in [0.25, 0.3) is 0 Å². The minimum Gasteiger partial charge on any atom is -0.476 e. The summed E-state index contributed by atoms with van der Waals surface area (Å²) in [6.07, 6.45) is 3.02. The van der Waals surface area contributed by atoms with Crippen molar-refractivity contribution >= 4 is 17.9 Å². The Morgan fingerprint density at radius 2 is 2.00 bits per heavy atom. The first kappa shape index (κ1) is 15.4. The van der Waals surface area contributed by atoms with Crippen LogP contribution in [0.15, 0.2) is 4.99 Å². The van der Waals surface area contributed by atoms with Gasteiger partial charge in [0, 0.05) is 6.21 Å². The first-order valence-corrected chi connectivity index (χ1v) is 6.80. The SMILES string of the molecule is CCOc1nc(N)nc(C)c1/N=C\C(CC)C(C)C. The van der Waals surface area contributed by atoms with Crippen LogP contribution in [0.1, 0.15) is 39.8 Å². The minimum atomic E-state index is 0.218. The predicted molar refractivity (Wildman–Crippen MR) is 79.1 cm³/mol. The van der Waals surface area contributed by atoms with Gasteiger partial charge in [-0.15, -0.1) is 0 Å². The van der Waals surface area contributed by atoms with E-state index in [1.165, 1.54) is 0 Å². The fourth-order valence-corrected chi connectivity index (χ4v) is 1.87. The molecule has 5 nitrogen and oxygen atoms in total. The van der Waals surface area contributed by atoms with Gasteiger partial charge in [0.05, 0.1) is 12.3 Å². The molecule has 0 bridgehead atoms. The Morgan fingerprint density at radius 3 is 2.53 bits per heavy atom. The molecule has 0 aliphatic heterocycles. The van der Waals surface area contributed by atoms with Crippen molar-refractivity contribution in [3.8, 4) is 5.88 Å². The molecule has 0 aliphatic carbocycles. The van der Waals surface area contributed by atoms with Gasteiger partial charge in [0.1, 0.15) is 5.69 Å². The molecule has 106 valence electrons. The topological polar surface area (TPSA) is 73.4 Å². The monoisotopic (exact) mass is 264 g/mol. The van der Waals surface area contributed by atoms with Crippen LogP contribution >= 0.6 is 0 Å². The summed E-state index contributed by atoms with van der Waals surface area (Å²) in [5.41, 5.74) is 7.05. The Balaban J connectivity index is 3.08. The van der Waals surface area contributed by atoms with Gasteiger partial charge in [-0.2, -0.15) is 4.98 Å². The van der Waals surface area contributed by atoms with Crippen molar-refractivity contribution in [1.29, 1.82) is 0 Å². The van der Waals surface area contributed by atoms with Crippen molar-refractivity contribution in [3.63, 3.8) is 0 Å². The molecule has 0 aromatic carbocycles. The van der Waals surface area contributed by atoms with Gasteiger partial charge in [-0.3, -0.25) is 4.99 Å². The summed E-state index contributed by atoms with van der Waals surface area (Å²) in [5.74, 6) is 1.67. The molecular weight excluding hydrogens is 240 g/mol. The highest BCUT2D eigenvalue weighted by atomic mass is 16.5. The number of rotatable bonds is 6. The molecule has 0 radical (unpaired) electrons. The highest BCUT2D eigenvalue weighted by Gasteiger charge is 2.12. The van der Waals surface area contributed by atoms with E-state index in [-0.39, 0.29) is 5.95 Å².